The van der Waals surface area contributed by atoms with E-state index in [1.54, 1.807) is 7.05 Å². The van der Waals surface area contributed by atoms with Gasteiger partial charge >= 0.3 is 0 Å². The number of hydrogen-bond donors (Lipinski definition) is 2. The van der Waals surface area contributed by atoms with Gasteiger partial charge in [-0.3, -0.25) is 4.99 Å². The third-order valence-electron chi connectivity index (χ3n) is 4.49. The highest BCUT2D eigenvalue weighted by molar-refractivity contribution is 14.0. The lowest BCUT2D eigenvalue weighted by atomic mass is 10.1. The Balaban J connectivity index is 0.00000364. The van der Waals surface area contributed by atoms with Crippen molar-refractivity contribution in [2.24, 2.45) is 4.99 Å². The standard InChI is InChI=1S/C18H30N4O3S.HI/c1-4-15(2)21-18(19-3)20-13-16-7-5-6-8-17(16)14-26(23,24)22-9-11-25-12-10-22;/h5-8,15H,4,9-14H2,1-3H3,(H2,19,20,21);1H. The molecule has 1 atom stereocenters. The van der Waals surface area contributed by atoms with Crippen molar-refractivity contribution >= 4 is 40.0 Å². The summed E-state index contributed by atoms with van der Waals surface area (Å²) in [5.41, 5.74) is 1.77. The van der Waals surface area contributed by atoms with Crippen molar-refractivity contribution in [2.75, 3.05) is 33.4 Å². The van der Waals surface area contributed by atoms with Gasteiger partial charge < -0.3 is 15.4 Å². The maximum absolute atomic E-state index is 12.7. The first-order valence-corrected chi connectivity index (χ1v) is 10.7. The van der Waals surface area contributed by atoms with Crippen LogP contribution in [0.2, 0.25) is 0 Å². The number of benzene rings is 1. The molecular formula is C18H31IN4O3S. The van der Waals surface area contributed by atoms with Crippen LogP contribution in [0.15, 0.2) is 29.3 Å². The number of hydrogen-bond acceptors (Lipinski definition) is 4. The third-order valence-corrected chi connectivity index (χ3v) is 6.31. The van der Waals surface area contributed by atoms with Crippen LogP contribution in [-0.2, 0) is 27.1 Å². The van der Waals surface area contributed by atoms with Gasteiger partial charge in [0.1, 0.15) is 0 Å². The van der Waals surface area contributed by atoms with E-state index in [9.17, 15) is 8.42 Å². The molecule has 1 fully saturated rings. The highest BCUT2D eigenvalue weighted by atomic mass is 127. The molecule has 1 saturated heterocycles. The minimum absolute atomic E-state index is 0. The van der Waals surface area contributed by atoms with E-state index in [-0.39, 0.29) is 29.7 Å². The summed E-state index contributed by atoms with van der Waals surface area (Å²) in [7, 11) is -1.62. The van der Waals surface area contributed by atoms with Gasteiger partial charge in [0.15, 0.2) is 5.96 Å². The summed E-state index contributed by atoms with van der Waals surface area (Å²) in [4.78, 5) is 4.22. The molecule has 9 heteroatoms. The van der Waals surface area contributed by atoms with Gasteiger partial charge in [0.05, 0.1) is 19.0 Å². The molecule has 0 amide bonds. The van der Waals surface area contributed by atoms with E-state index in [1.807, 2.05) is 24.3 Å². The van der Waals surface area contributed by atoms with Crippen LogP contribution >= 0.6 is 24.0 Å². The zero-order valence-corrected chi connectivity index (χ0v) is 19.4. The van der Waals surface area contributed by atoms with E-state index in [4.69, 9.17) is 4.74 Å². The van der Waals surface area contributed by atoms with E-state index in [0.717, 1.165) is 17.5 Å². The van der Waals surface area contributed by atoms with E-state index in [0.29, 0.717) is 44.8 Å². The number of aliphatic imine (C=N–C) groups is 1. The SMILES string of the molecule is CCC(C)NC(=NC)NCc1ccccc1CS(=O)(=O)N1CCOCC1.I. The Kier molecular flexibility index (Phi) is 10.6. The van der Waals surface area contributed by atoms with Crippen LogP contribution in [0.3, 0.4) is 0 Å². The smallest absolute Gasteiger partial charge is 0.218 e. The second kappa shape index (κ2) is 11.8. The average Bonchev–Trinajstić information content (AvgIpc) is 2.66. The van der Waals surface area contributed by atoms with Gasteiger partial charge in [-0.2, -0.15) is 4.31 Å². The zero-order valence-electron chi connectivity index (χ0n) is 16.3. The lowest BCUT2D eigenvalue weighted by Crippen LogP contribution is -2.42. The maximum atomic E-state index is 12.7. The van der Waals surface area contributed by atoms with Crippen LogP contribution in [0.4, 0.5) is 0 Å². The van der Waals surface area contributed by atoms with Gasteiger partial charge in [-0.05, 0) is 24.5 Å². The Hall–Kier alpha value is -0.910. The molecule has 2 rings (SSSR count). The van der Waals surface area contributed by atoms with Gasteiger partial charge in [-0.1, -0.05) is 31.2 Å². The molecule has 0 aliphatic carbocycles. The fraction of sp³-hybridized carbons (Fsp3) is 0.611. The van der Waals surface area contributed by atoms with Crippen LogP contribution in [0, 0.1) is 0 Å². The monoisotopic (exact) mass is 510 g/mol. The van der Waals surface area contributed by atoms with Crippen LogP contribution in [0.5, 0.6) is 0 Å². The second-order valence-corrected chi connectivity index (χ2v) is 8.38. The molecule has 0 saturated carbocycles. The molecule has 1 aliphatic rings. The van der Waals surface area contributed by atoms with Crippen molar-refractivity contribution in [3.8, 4) is 0 Å². The van der Waals surface area contributed by atoms with E-state index in [1.165, 1.54) is 4.31 Å². The Morgan fingerprint density at radius 1 is 1.26 bits per heavy atom. The highest BCUT2D eigenvalue weighted by Gasteiger charge is 2.25. The molecule has 27 heavy (non-hydrogen) atoms. The number of guanidine groups is 1. The Labute approximate surface area is 180 Å². The first-order valence-electron chi connectivity index (χ1n) is 9.05. The Bertz CT molecular complexity index is 706. The summed E-state index contributed by atoms with van der Waals surface area (Å²) in [6.07, 6.45) is 0.995. The molecule has 1 unspecified atom stereocenters. The summed E-state index contributed by atoms with van der Waals surface area (Å²) in [6, 6.07) is 7.94. The van der Waals surface area contributed by atoms with Crippen LogP contribution in [0.25, 0.3) is 0 Å². The molecule has 1 aliphatic heterocycles. The van der Waals surface area contributed by atoms with Gasteiger partial charge in [0.2, 0.25) is 10.0 Å². The molecule has 0 aromatic heterocycles. The molecule has 0 bridgehead atoms. The first-order chi connectivity index (χ1) is 12.5. The van der Waals surface area contributed by atoms with Crippen molar-refractivity contribution in [1.29, 1.82) is 0 Å². The largest absolute Gasteiger partial charge is 0.379 e. The summed E-state index contributed by atoms with van der Waals surface area (Å²) in [5.74, 6) is 0.715. The minimum Gasteiger partial charge on any atom is -0.379 e. The average molecular weight is 510 g/mol. The zero-order chi connectivity index (χ0) is 19.0. The predicted octanol–water partition coefficient (Wildman–Crippen LogP) is 1.93. The van der Waals surface area contributed by atoms with Crippen molar-refractivity contribution in [1.82, 2.24) is 14.9 Å². The topological polar surface area (TPSA) is 83.0 Å². The molecule has 0 spiro atoms. The normalized spacial score (nSPS) is 17.1. The van der Waals surface area contributed by atoms with Gasteiger partial charge in [0, 0.05) is 32.7 Å². The Morgan fingerprint density at radius 3 is 2.48 bits per heavy atom. The van der Waals surface area contributed by atoms with Crippen molar-refractivity contribution in [2.45, 2.75) is 38.6 Å². The Morgan fingerprint density at radius 2 is 1.89 bits per heavy atom. The van der Waals surface area contributed by atoms with E-state index >= 15 is 0 Å². The summed E-state index contributed by atoms with van der Waals surface area (Å²) < 4.78 is 32.2. The molecule has 0 radical (unpaired) electrons. The van der Waals surface area contributed by atoms with Gasteiger partial charge in [-0.25, -0.2) is 8.42 Å². The lowest BCUT2D eigenvalue weighted by molar-refractivity contribution is 0.0729. The van der Waals surface area contributed by atoms with Crippen molar-refractivity contribution < 1.29 is 13.2 Å². The minimum atomic E-state index is -3.35. The molecule has 1 heterocycles. The number of sulfonamides is 1. The predicted molar refractivity (Wildman–Crippen MR) is 120 cm³/mol. The van der Waals surface area contributed by atoms with E-state index in [2.05, 4.69) is 29.5 Å². The fourth-order valence-corrected chi connectivity index (χ4v) is 4.25. The lowest BCUT2D eigenvalue weighted by Gasteiger charge is -2.26. The molecule has 2 N–H and O–H groups in total. The molecule has 1 aromatic carbocycles. The molecule has 7 nitrogen and oxygen atoms in total. The van der Waals surface area contributed by atoms with Crippen molar-refractivity contribution in [3.05, 3.63) is 35.4 Å². The number of morpholine rings is 1. The van der Waals surface area contributed by atoms with E-state index < -0.39 is 10.0 Å². The number of nitrogens with zero attached hydrogens (tertiary/aromatic N) is 2. The van der Waals surface area contributed by atoms with Gasteiger partial charge in [-0.15, -0.1) is 24.0 Å². The number of halogens is 1. The molecular weight excluding hydrogens is 479 g/mol. The quantitative estimate of drug-likeness (QED) is 0.333. The number of nitrogens with one attached hydrogen (secondary N) is 2. The second-order valence-electron chi connectivity index (χ2n) is 6.42. The summed E-state index contributed by atoms with van der Waals surface area (Å²) >= 11 is 0. The first kappa shape index (κ1) is 24.1. The highest BCUT2D eigenvalue weighted by Crippen LogP contribution is 2.16. The third kappa shape index (κ3) is 7.55. The fourth-order valence-electron chi connectivity index (χ4n) is 2.69. The van der Waals surface area contributed by atoms with Crippen LogP contribution < -0.4 is 10.6 Å². The van der Waals surface area contributed by atoms with Crippen molar-refractivity contribution in [3.63, 3.8) is 0 Å². The van der Waals surface area contributed by atoms with Crippen LogP contribution in [-0.4, -0.2) is 58.1 Å². The summed E-state index contributed by atoms with van der Waals surface area (Å²) in [5, 5.41) is 6.57. The number of ether oxygens (including phenoxy) is 1. The summed E-state index contributed by atoms with van der Waals surface area (Å²) in [6.45, 7) is 6.49. The maximum Gasteiger partial charge on any atom is 0.218 e. The van der Waals surface area contributed by atoms with Gasteiger partial charge in [0.25, 0.3) is 0 Å². The molecule has 1 aromatic rings. The molecule has 154 valence electrons. The number of rotatable bonds is 7. The van der Waals surface area contributed by atoms with Crippen LogP contribution in [0.1, 0.15) is 31.4 Å².